The zero-order chi connectivity index (χ0) is 20.9. The maximum atomic E-state index is 13.1. The van der Waals surface area contributed by atoms with Crippen LogP contribution in [0.25, 0.3) is 0 Å². The first-order valence-corrected chi connectivity index (χ1v) is 8.80. The van der Waals surface area contributed by atoms with Gasteiger partial charge < -0.3 is 15.0 Å². The number of alkyl halides is 3. The lowest BCUT2D eigenvalue weighted by Crippen LogP contribution is -2.17. The van der Waals surface area contributed by atoms with E-state index in [0.29, 0.717) is 12.4 Å². The van der Waals surface area contributed by atoms with Crippen molar-refractivity contribution in [2.75, 3.05) is 24.3 Å². The third-order valence-corrected chi connectivity index (χ3v) is 3.95. The Morgan fingerprint density at radius 3 is 2.41 bits per heavy atom. The molecule has 2 heterocycles. The standard InChI is InChI=1S/C20H20F3N5O/c1-28(2)18-11-17(20(21,22)23)26-19(27-18)25-12-14-6-8-16(9-7-14)29-13-15-5-3-4-10-24-15/h3-11H,12-13H2,1-2H3,(H,25,26,27). The summed E-state index contributed by atoms with van der Waals surface area (Å²) < 4.78 is 44.8. The van der Waals surface area contributed by atoms with Crippen LogP contribution in [0.5, 0.6) is 5.75 Å². The summed E-state index contributed by atoms with van der Waals surface area (Å²) >= 11 is 0. The van der Waals surface area contributed by atoms with Gasteiger partial charge in [-0.15, -0.1) is 0 Å². The summed E-state index contributed by atoms with van der Waals surface area (Å²) in [6.07, 6.45) is -2.85. The monoisotopic (exact) mass is 403 g/mol. The van der Waals surface area contributed by atoms with Crippen molar-refractivity contribution in [1.82, 2.24) is 15.0 Å². The number of hydrogen-bond donors (Lipinski definition) is 1. The maximum Gasteiger partial charge on any atom is 0.433 e. The van der Waals surface area contributed by atoms with Crippen molar-refractivity contribution in [3.8, 4) is 5.75 Å². The maximum absolute atomic E-state index is 13.1. The first kappa shape index (κ1) is 20.4. The summed E-state index contributed by atoms with van der Waals surface area (Å²) in [5.74, 6) is 0.761. The molecule has 152 valence electrons. The molecule has 0 aliphatic rings. The third-order valence-electron chi connectivity index (χ3n) is 3.95. The highest BCUT2D eigenvalue weighted by molar-refractivity contribution is 5.44. The molecule has 29 heavy (non-hydrogen) atoms. The van der Waals surface area contributed by atoms with Crippen LogP contribution in [-0.4, -0.2) is 29.0 Å². The molecule has 0 fully saturated rings. The minimum Gasteiger partial charge on any atom is -0.487 e. The summed E-state index contributed by atoms with van der Waals surface area (Å²) in [6, 6.07) is 13.7. The van der Waals surface area contributed by atoms with E-state index in [1.54, 1.807) is 32.4 Å². The number of nitrogens with one attached hydrogen (secondary N) is 1. The fourth-order valence-corrected chi connectivity index (χ4v) is 2.41. The number of anilines is 2. The van der Waals surface area contributed by atoms with Gasteiger partial charge in [-0.05, 0) is 29.8 Å². The molecule has 0 saturated heterocycles. The van der Waals surface area contributed by atoms with Gasteiger partial charge >= 0.3 is 6.18 Å². The summed E-state index contributed by atoms with van der Waals surface area (Å²) in [7, 11) is 3.24. The van der Waals surface area contributed by atoms with E-state index < -0.39 is 11.9 Å². The Labute approximate surface area is 166 Å². The second-order valence-electron chi connectivity index (χ2n) is 6.43. The highest BCUT2D eigenvalue weighted by atomic mass is 19.4. The van der Waals surface area contributed by atoms with Gasteiger partial charge in [-0.3, -0.25) is 4.98 Å². The van der Waals surface area contributed by atoms with Crippen LogP contribution in [0.3, 0.4) is 0 Å². The van der Waals surface area contributed by atoms with Crippen LogP contribution in [-0.2, 0) is 19.3 Å². The first-order chi connectivity index (χ1) is 13.8. The van der Waals surface area contributed by atoms with Crippen LogP contribution in [0.4, 0.5) is 24.9 Å². The normalized spacial score (nSPS) is 11.2. The Morgan fingerprint density at radius 2 is 1.79 bits per heavy atom. The van der Waals surface area contributed by atoms with Crippen molar-refractivity contribution in [3.05, 3.63) is 71.7 Å². The zero-order valence-corrected chi connectivity index (χ0v) is 15.9. The average molecular weight is 403 g/mol. The second kappa shape index (κ2) is 8.76. The first-order valence-electron chi connectivity index (χ1n) is 8.80. The number of pyridine rings is 1. The Balaban J connectivity index is 1.63. The van der Waals surface area contributed by atoms with Gasteiger partial charge in [-0.25, -0.2) is 4.98 Å². The van der Waals surface area contributed by atoms with E-state index in [4.69, 9.17) is 4.74 Å². The van der Waals surface area contributed by atoms with Crippen LogP contribution in [0.2, 0.25) is 0 Å². The van der Waals surface area contributed by atoms with Gasteiger partial charge in [0.2, 0.25) is 5.95 Å². The van der Waals surface area contributed by atoms with Crippen LogP contribution in [0.15, 0.2) is 54.7 Å². The number of aromatic nitrogens is 3. The molecule has 1 N–H and O–H groups in total. The molecular formula is C20H20F3N5O. The largest absolute Gasteiger partial charge is 0.487 e. The predicted octanol–water partition coefficient (Wildman–Crippen LogP) is 4.15. The molecule has 3 rings (SSSR count). The molecule has 0 unspecified atom stereocenters. The van der Waals surface area contributed by atoms with E-state index in [-0.39, 0.29) is 18.3 Å². The van der Waals surface area contributed by atoms with Crippen molar-refractivity contribution >= 4 is 11.8 Å². The van der Waals surface area contributed by atoms with Gasteiger partial charge in [0.05, 0.1) is 5.69 Å². The average Bonchev–Trinajstić information content (AvgIpc) is 2.71. The lowest BCUT2D eigenvalue weighted by molar-refractivity contribution is -0.141. The number of halogens is 3. The van der Waals surface area contributed by atoms with E-state index in [1.807, 2.05) is 30.3 Å². The molecular weight excluding hydrogens is 383 g/mol. The van der Waals surface area contributed by atoms with Gasteiger partial charge in [-0.1, -0.05) is 18.2 Å². The van der Waals surface area contributed by atoms with E-state index in [9.17, 15) is 13.2 Å². The smallest absolute Gasteiger partial charge is 0.433 e. The summed E-state index contributed by atoms with van der Waals surface area (Å²) in [6.45, 7) is 0.624. The summed E-state index contributed by atoms with van der Waals surface area (Å²) in [4.78, 5) is 13.4. The van der Waals surface area contributed by atoms with E-state index in [2.05, 4.69) is 20.3 Å². The van der Waals surface area contributed by atoms with E-state index >= 15 is 0 Å². The van der Waals surface area contributed by atoms with Crippen LogP contribution >= 0.6 is 0 Å². The van der Waals surface area contributed by atoms with Crippen molar-refractivity contribution in [1.29, 1.82) is 0 Å². The number of rotatable bonds is 7. The van der Waals surface area contributed by atoms with Crippen molar-refractivity contribution in [3.63, 3.8) is 0 Å². The Morgan fingerprint density at radius 1 is 1.03 bits per heavy atom. The van der Waals surface area contributed by atoms with Gasteiger partial charge in [0.1, 0.15) is 18.2 Å². The Kier molecular flexibility index (Phi) is 6.16. The predicted molar refractivity (Wildman–Crippen MR) is 104 cm³/mol. The Bertz CT molecular complexity index is 931. The molecule has 0 atom stereocenters. The summed E-state index contributed by atoms with van der Waals surface area (Å²) in [5.41, 5.74) is 0.677. The molecule has 1 aromatic carbocycles. The summed E-state index contributed by atoms with van der Waals surface area (Å²) in [5, 5.41) is 2.85. The van der Waals surface area contributed by atoms with Gasteiger partial charge in [0, 0.05) is 32.9 Å². The molecule has 0 amide bonds. The molecule has 0 saturated carbocycles. The minimum atomic E-state index is -4.54. The molecule has 3 aromatic rings. The SMILES string of the molecule is CN(C)c1cc(C(F)(F)F)nc(NCc2ccc(OCc3ccccn3)cc2)n1. The van der Waals surface area contributed by atoms with Gasteiger partial charge in [0.25, 0.3) is 0 Å². The third kappa shape index (κ3) is 5.81. The van der Waals surface area contributed by atoms with Crippen LogP contribution < -0.4 is 15.0 Å². The minimum absolute atomic E-state index is 0.0843. The second-order valence-corrected chi connectivity index (χ2v) is 6.43. The van der Waals surface area contributed by atoms with Gasteiger partial charge in [0.15, 0.2) is 5.69 Å². The number of ether oxygens (including phenoxy) is 1. The molecule has 0 spiro atoms. The number of hydrogen-bond acceptors (Lipinski definition) is 6. The molecule has 9 heteroatoms. The highest BCUT2D eigenvalue weighted by Gasteiger charge is 2.34. The molecule has 2 aromatic heterocycles. The van der Waals surface area contributed by atoms with Gasteiger partial charge in [-0.2, -0.15) is 18.2 Å². The zero-order valence-electron chi connectivity index (χ0n) is 15.9. The molecule has 0 radical (unpaired) electrons. The van der Waals surface area contributed by atoms with E-state index in [1.165, 1.54) is 4.90 Å². The van der Waals surface area contributed by atoms with Crippen molar-refractivity contribution in [2.45, 2.75) is 19.3 Å². The number of benzene rings is 1. The lowest BCUT2D eigenvalue weighted by atomic mass is 10.2. The molecule has 0 aliphatic heterocycles. The van der Waals surface area contributed by atoms with Crippen molar-refractivity contribution < 1.29 is 17.9 Å². The van der Waals surface area contributed by atoms with Crippen LogP contribution in [0, 0.1) is 0 Å². The van der Waals surface area contributed by atoms with Crippen LogP contribution in [0.1, 0.15) is 17.0 Å². The molecule has 0 aliphatic carbocycles. The highest BCUT2D eigenvalue weighted by Crippen LogP contribution is 2.30. The quantitative estimate of drug-likeness (QED) is 0.640. The fraction of sp³-hybridized carbons (Fsp3) is 0.250. The fourth-order valence-electron chi connectivity index (χ4n) is 2.41. The molecule has 6 nitrogen and oxygen atoms in total. The lowest BCUT2D eigenvalue weighted by Gasteiger charge is -2.16. The molecule has 0 bridgehead atoms. The Hall–Kier alpha value is -3.36. The van der Waals surface area contributed by atoms with E-state index in [0.717, 1.165) is 17.3 Å². The topological polar surface area (TPSA) is 63.2 Å². The number of nitrogens with zero attached hydrogens (tertiary/aromatic N) is 4. The van der Waals surface area contributed by atoms with Crippen molar-refractivity contribution in [2.24, 2.45) is 0 Å².